The van der Waals surface area contributed by atoms with Crippen LogP contribution in [0.5, 0.6) is 5.75 Å². The average molecular weight is 242 g/mol. The van der Waals surface area contributed by atoms with Gasteiger partial charge in [0, 0.05) is 12.7 Å². The topological polar surface area (TPSA) is 59.1 Å². The summed E-state index contributed by atoms with van der Waals surface area (Å²) in [5, 5.41) is 9.16. The second kappa shape index (κ2) is 4.20. The Balaban J connectivity index is 3.50. The van der Waals surface area contributed by atoms with Gasteiger partial charge in [0.15, 0.2) is 5.75 Å². The van der Waals surface area contributed by atoms with E-state index in [1.807, 2.05) is 0 Å². The molecule has 0 unspecified atom stereocenters. The number of hydrogen-bond acceptors (Lipinski definition) is 3. The van der Waals surface area contributed by atoms with Crippen molar-refractivity contribution in [1.82, 2.24) is 4.98 Å². The van der Waals surface area contributed by atoms with Crippen LogP contribution in [0.15, 0.2) is 6.20 Å². The van der Waals surface area contributed by atoms with Gasteiger partial charge >= 0.3 is 6.18 Å². The molecule has 0 aliphatic rings. The molecule has 0 amide bonds. The summed E-state index contributed by atoms with van der Waals surface area (Å²) in [5.41, 5.74) is 1.40. The summed E-state index contributed by atoms with van der Waals surface area (Å²) in [6.07, 6.45) is -8.08. The van der Waals surface area contributed by atoms with E-state index in [0.717, 1.165) is 0 Å². The molecule has 0 aliphatic carbocycles. The van der Waals surface area contributed by atoms with Crippen LogP contribution in [0.25, 0.3) is 0 Å². The molecule has 8 heteroatoms. The smallest absolute Gasteiger partial charge is 0.420 e. The first-order chi connectivity index (χ1) is 7.29. The van der Waals surface area contributed by atoms with Crippen LogP contribution in [-0.4, -0.2) is 10.1 Å². The van der Waals surface area contributed by atoms with Gasteiger partial charge in [0.2, 0.25) is 0 Å². The third-order valence-electron chi connectivity index (χ3n) is 1.87. The Morgan fingerprint density at radius 2 is 1.94 bits per heavy atom. The van der Waals surface area contributed by atoms with Crippen molar-refractivity contribution in [1.29, 1.82) is 0 Å². The molecule has 3 nitrogen and oxygen atoms in total. The Kier molecular flexibility index (Phi) is 3.32. The molecule has 0 saturated carbocycles. The van der Waals surface area contributed by atoms with Crippen molar-refractivity contribution >= 4 is 0 Å². The van der Waals surface area contributed by atoms with Gasteiger partial charge in [0.25, 0.3) is 6.43 Å². The van der Waals surface area contributed by atoms with Gasteiger partial charge < -0.3 is 10.8 Å². The van der Waals surface area contributed by atoms with E-state index in [2.05, 4.69) is 4.98 Å². The second-order valence-corrected chi connectivity index (χ2v) is 2.89. The van der Waals surface area contributed by atoms with E-state index in [1.54, 1.807) is 0 Å². The monoisotopic (exact) mass is 242 g/mol. The zero-order chi connectivity index (χ0) is 12.5. The summed E-state index contributed by atoms with van der Waals surface area (Å²) in [5.74, 6) is -1.34. The van der Waals surface area contributed by atoms with Crippen LogP contribution in [0, 0.1) is 0 Å². The number of hydrogen-bond donors (Lipinski definition) is 2. The highest BCUT2D eigenvalue weighted by Crippen LogP contribution is 2.42. The Labute approximate surface area is 86.7 Å². The first-order valence-electron chi connectivity index (χ1n) is 4.05. The van der Waals surface area contributed by atoms with E-state index in [-0.39, 0.29) is 0 Å². The Morgan fingerprint density at radius 3 is 2.31 bits per heavy atom. The molecule has 1 heterocycles. The molecule has 90 valence electrons. The molecule has 0 atom stereocenters. The molecule has 0 aromatic carbocycles. The normalized spacial score (nSPS) is 12.2. The van der Waals surface area contributed by atoms with E-state index in [1.165, 1.54) is 0 Å². The molecule has 0 saturated heterocycles. The van der Waals surface area contributed by atoms with Crippen LogP contribution in [0.4, 0.5) is 22.0 Å². The van der Waals surface area contributed by atoms with E-state index < -0.39 is 41.7 Å². The van der Waals surface area contributed by atoms with Crippen LogP contribution in [0.3, 0.4) is 0 Å². The lowest BCUT2D eigenvalue weighted by atomic mass is 10.1. The summed E-state index contributed by atoms with van der Waals surface area (Å²) in [7, 11) is 0. The van der Waals surface area contributed by atoms with Crippen molar-refractivity contribution in [2.24, 2.45) is 5.73 Å². The zero-order valence-corrected chi connectivity index (χ0v) is 7.72. The number of aromatic nitrogens is 1. The molecule has 1 aromatic rings. The molecule has 0 bridgehead atoms. The molecular weight excluding hydrogens is 235 g/mol. The third kappa shape index (κ3) is 2.21. The van der Waals surface area contributed by atoms with Crippen LogP contribution >= 0.6 is 0 Å². The minimum absolute atomic E-state index is 0.370. The minimum Gasteiger partial charge on any atom is -0.505 e. The lowest BCUT2D eigenvalue weighted by Gasteiger charge is -2.15. The SMILES string of the molecule is NCc1ncc(C(F)F)c(C(F)(F)F)c1O. The summed E-state index contributed by atoms with van der Waals surface area (Å²) in [4.78, 5) is 3.24. The van der Waals surface area contributed by atoms with Gasteiger partial charge in [0.1, 0.15) is 5.56 Å². The summed E-state index contributed by atoms with van der Waals surface area (Å²) < 4.78 is 61.9. The van der Waals surface area contributed by atoms with E-state index in [9.17, 15) is 22.0 Å². The molecule has 0 fully saturated rings. The fraction of sp³-hybridized carbons (Fsp3) is 0.375. The van der Waals surface area contributed by atoms with Gasteiger partial charge in [-0.25, -0.2) is 8.78 Å². The number of halogens is 5. The molecule has 0 radical (unpaired) electrons. The lowest BCUT2D eigenvalue weighted by molar-refractivity contribution is -0.140. The highest BCUT2D eigenvalue weighted by atomic mass is 19.4. The first kappa shape index (κ1) is 12.6. The Bertz CT molecular complexity index is 391. The fourth-order valence-corrected chi connectivity index (χ4v) is 1.17. The standard InChI is InChI=1S/C8H7F5N2O/c9-7(10)3-2-15-4(1-14)6(16)5(3)8(11,12)13/h2,7,16H,1,14H2. The van der Waals surface area contributed by atoms with Crippen molar-refractivity contribution in [2.75, 3.05) is 0 Å². The molecule has 16 heavy (non-hydrogen) atoms. The third-order valence-corrected chi connectivity index (χ3v) is 1.87. The summed E-state index contributed by atoms with van der Waals surface area (Å²) in [6.45, 7) is -0.474. The predicted octanol–water partition coefficient (Wildman–Crippen LogP) is 2.20. The number of aromatic hydroxyl groups is 1. The largest absolute Gasteiger partial charge is 0.505 e. The number of nitrogens with two attached hydrogens (primary N) is 1. The number of rotatable bonds is 2. The van der Waals surface area contributed by atoms with Crippen LogP contribution in [-0.2, 0) is 12.7 Å². The van der Waals surface area contributed by atoms with Gasteiger partial charge in [-0.2, -0.15) is 13.2 Å². The Morgan fingerprint density at radius 1 is 1.38 bits per heavy atom. The molecule has 1 rings (SSSR count). The van der Waals surface area contributed by atoms with Gasteiger partial charge in [-0.3, -0.25) is 4.98 Å². The molecule has 3 N–H and O–H groups in total. The van der Waals surface area contributed by atoms with Crippen molar-refractivity contribution in [3.05, 3.63) is 23.0 Å². The van der Waals surface area contributed by atoms with Crippen LogP contribution < -0.4 is 5.73 Å². The highest BCUT2D eigenvalue weighted by molar-refractivity contribution is 5.43. The van der Waals surface area contributed by atoms with Crippen molar-refractivity contribution in [2.45, 2.75) is 19.1 Å². The molecule has 1 aromatic heterocycles. The van der Waals surface area contributed by atoms with Gasteiger partial charge in [-0.1, -0.05) is 0 Å². The number of alkyl halides is 5. The minimum atomic E-state index is -5.08. The van der Waals surface area contributed by atoms with E-state index >= 15 is 0 Å². The van der Waals surface area contributed by atoms with Crippen molar-refractivity contribution in [3.63, 3.8) is 0 Å². The van der Waals surface area contributed by atoms with Gasteiger partial charge in [-0.15, -0.1) is 0 Å². The molecular formula is C8H7F5N2O. The maximum absolute atomic E-state index is 12.4. The second-order valence-electron chi connectivity index (χ2n) is 2.89. The summed E-state index contributed by atoms with van der Waals surface area (Å²) in [6, 6.07) is 0. The van der Waals surface area contributed by atoms with Crippen LogP contribution in [0.2, 0.25) is 0 Å². The maximum atomic E-state index is 12.4. The van der Waals surface area contributed by atoms with E-state index in [0.29, 0.717) is 6.20 Å². The van der Waals surface area contributed by atoms with Crippen LogP contribution in [0.1, 0.15) is 23.2 Å². The van der Waals surface area contributed by atoms with Gasteiger partial charge in [0.05, 0.1) is 11.3 Å². The molecule has 0 aliphatic heterocycles. The average Bonchev–Trinajstić information content (AvgIpc) is 2.14. The first-order valence-corrected chi connectivity index (χ1v) is 4.05. The van der Waals surface area contributed by atoms with E-state index in [4.69, 9.17) is 10.8 Å². The quantitative estimate of drug-likeness (QED) is 0.781. The lowest BCUT2D eigenvalue weighted by Crippen LogP contribution is -2.13. The summed E-state index contributed by atoms with van der Waals surface area (Å²) >= 11 is 0. The predicted molar refractivity (Wildman–Crippen MR) is 43.8 cm³/mol. The van der Waals surface area contributed by atoms with Crippen molar-refractivity contribution < 1.29 is 27.1 Å². The Hall–Kier alpha value is -1.44. The maximum Gasteiger partial charge on any atom is 0.420 e. The fourth-order valence-electron chi connectivity index (χ4n) is 1.17. The van der Waals surface area contributed by atoms with Gasteiger partial charge in [-0.05, 0) is 0 Å². The number of nitrogens with zero attached hydrogens (tertiary/aromatic N) is 1. The molecule has 0 spiro atoms. The number of pyridine rings is 1. The highest BCUT2D eigenvalue weighted by Gasteiger charge is 2.40. The van der Waals surface area contributed by atoms with Crippen molar-refractivity contribution in [3.8, 4) is 5.75 Å². The zero-order valence-electron chi connectivity index (χ0n) is 7.72.